The van der Waals surface area contributed by atoms with Gasteiger partial charge in [-0.05, 0) is 55.2 Å². The lowest BCUT2D eigenvalue weighted by Gasteiger charge is -2.25. The van der Waals surface area contributed by atoms with Gasteiger partial charge in [0.25, 0.3) is 0 Å². The lowest BCUT2D eigenvalue weighted by atomic mass is 10.1. The number of nitrogens with one attached hydrogen (secondary N) is 1. The number of carboxylic acid groups (broad SMARTS) is 2. The molecule has 0 amide bonds. The fourth-order valence-corrected chi connectivity index (χ4v) is 3.81. The summed E-state index contributed by atoms with van der Waals surface area (Å²) in [6.45, 7) is 2.27. The van der Waals surface area contributed by atoms with Crippen LogP contribution in [0.2, 0.25) is 0 Å². The van der Waals surface area contributed by atoms with E-state index in [0.29, 0.717) is 12.6 Å². The third-order valence-electron chi connectivity index (χ3n) is 5.11. The molecule has 2 aromatic carbocycles. The van der Waals surface area contributed by atoms with Crippen molar-refractivity contribution in [1.82, 2.24) is 10.2 Å². The molecular weight excluding hydrogens is 468 g/mol. The summed E-state index contributed by atoms with van der Waals surface area (Å²) in [5.74, 6) is -2.10. The average molecular weight is 501 g/mol. The van der Waals surface area contributed by atoms with Crippen LogP contribution in [0.4, 0.5) is 0 Å². The molecule has 0 aliphatic heterocycles. The van der Waals surface area contributed by atoms with Gasteiger partial charge in [0.15, 0.2) is 11.5 Å². The molecule has 1 unspecified atom stereocenters. The van der Waals surface area contributed by atoms with Gasteiger partial charge < -0.3 is 29.9 Å². The summed E-state index contributed by atoms with van der Waals surface area (Å²) < 4.78 is 11.5. The molecule has 0 bridgehead atoms. The van der Waals surface area contributed by atoms with E-state index in [0.717, 1.165) is 31.0 Å². The first-order valence-electron chi connectivity index (χ1n) is 11.0. The highest BCUT2D eigenvalue weighted by molar-refractivity contribution is 7.09. The molecule has 0 spiro atoms. The Morgan fingerprint density at radius 3 is 2.26 bits per heavy atom. The van der Waals surface area contributed by atoms with Crippen LogP contribution in [0.5, 0.6) is 11.5 Å². The van der Waals surface area contributed by atoms with E-state index in [1.807, 2.05) is 12.1 Å². The van der Waals surface area contributed by atoms with Gasteiger partial charge in [0, 0.05) is 24.0 Å². The van der Waals surface area contributed by atoms with Crippen molar-refractivity contribution in [2.45, 2.75) is 25.6 Å². The molecule has 35 heavy (non-hydrogen) atoms. The number of hydrogen-bond donors (Lipinski definition) is 3. The van der Waals surface area contributed by atoms with Crippen molar-refractivity contribution in [2.75, 3.05) is 27.7 Å². The summed E-state index contributed by atoms with van der Waals surface area (Å²) in [5.41, 5.74) is 2.55. The minimum atomic E-state index is -1.82. The molecule has 3 N–H and O–H groups in total. The van der Waals surface area contributed by atoms with Crippen LogP contribution in [0.15, 0.2) is 66.0 Å². The van der Waals surface area contributed by atoms with E-state index in [1.165, 1.54) is 16.0 Å². The minimum Gasteiger partial charge on any atom is -0.493 e. The van der Waals surface area contributed by atoms with Gasteiger partial charge in [0.2, 0.25) is 0 Å². The first-order chi connectivity index (χ1) is 16.8. The van der Waals surface area contributed by atoms with Gasteiger partial charge in [-0.3, -0.25) is 0 Å². The van der Waals surface area contributed by atoms with Crippen LogP contribution in [0.25, 0.3) is 0 Å². The van der Waals surface area contributed by atoms with Crippen LogP contribution >= 0.6 is 11.3 Å². The van der Waals surface area contributed by atoms with Crippen molar-refractivity contribution in [3.63, 3.8) is 0 Å². The van der Waals surface area contributed by atoms with E-state index in [-0.39, 0.29) is 0 Å². The maximum Gasteiger partial charge on any atom is 0.414 e. The highest BCUT2D eigenvalue weighted by Gasteiger charge is 2.12. The molecular formula is C26H32N2O6S. The predicted molar refractivity (Wildman–Crippen MR) is 136 cm³/mol. The van der Waals surface area contributed by atoms with E-state index < -0.39 is 11.9 Å². The number of aliphatic carboxylic acids is 2. The molecule has 1 atom stereocenters. The number of thiophene rings is 1. The van der Waals surface area contributed by atoms with E-state index in [2.05, 4.69) is 78.2 Å². The van der Waals surface area contributed by atoms with Crippen molar-refractivity contribution in [2.24, 2.45) is 0 Å². The van der Waals surface area contributed by atoms with Crippen LogP contribution in [-0.4, -0.2) is 60.8 Å². The van der Waals surface area contributed by atoms with Crippen molar-refractivity contribution in [3.8, 4) is 11.5 Å². The largest absolute Gasteiger partial charge is 0.493 e. The molecule has 0 saturated carbocycles. The van der Waals surface area contributed by atoms with E-state index in [9.17, 15) is 0 Å². The van der Waals surface area contributed by atoms with Gasteiger partial charge >= 0.3 is 11.9 Å². The normalized spacial score (nSPS) is 11.3. The Bertz CT molecular complexity index is 1030. The van der Waals surface area contributed by atoms with Gasteiger partial charge in [0.05, 0.1) is 7.11 Å². The number of likely N-dealkylation sites (N-methyl/N-ethyl adjacent to an activating group) is 1. The van der Waals surface area contributed by atoms with Crippen molar-refractivity contribution in [3.05, 3.63) is 82.0 Å². The summed E-state index contributed by atoms with van der Waals surface area (Å²) in [4.78, 5) is 21.7. The minimum absolute atomic E-state index is 0.438. The highest BCUT2D eigenvalue weighted by atomic mass is 32.1. The van der Waals surface area contributed by atoms with Gasteiger partial charge in [0.1, 0.15) is 6.61 Å². The third kappa shape index (κ3) is 10.2. The SMILES string of the molecule is COc1cc(CNCC(Cc2ccccc2)N(C)C)ccc1OCc1cccs1.O=C(O)C(=O)O. The van der Waals surface area contributed by atoms with Gasteiger partial charge in [-0.15, -0.1) is 11.3 Å². The summed E-state index contributed by atoms with van der Waals surface area (Å²) in [6.07, 6.45) is 1.03. The number of rotatable bonds is 11. The molecule has 3 rings (SSSR count). The highest BCUT2D eigenvalue weighted by Crippen LogP contribution is 2.29. The quantitative estimate of drug-likeness (QED) is 0.342. The van der Waals surface area contributed by atoms with Crippen LogP contribution in [-0.2, 0) is 29.2 Å². The zero-order valence-electron chi connectivity index (χ0n) is 20.1. The molecule has 3 aromatic rings. The van der Waals surface area contributed by atoms with Crippen LogP contribution < -0.4 is 14.8 Å². The number of nitrogens with zero attached hydrogens (tertiary/aromatic N) is 1. The molecule has 8 nitrogen and oxygen atoms in total. The molecule has 1 heterocycles. The second-order valence-electron chi connectivity index (χ2n) is 7.90. The Labute approximate surface area is 209 Å². The number of carbonyl (C=O) groups is 2. The Kier molecular flexibility index (Phi) is 11.8. The first kappa shape index (κ1) is 27.8. The number of benzene rings is 2. The Morgan fingerprint density at radius 1 is 0.971 bits per heavy atom. The van der Waals surface area contributed by atoms with E-state index in [1.54, 1.807) is 18.4 Å². The summed E-state index contributed by atoms with van der Waals surface area (Å²) in [6, 6.07) is 21.3. The van der Waals surface area contributed by atoms with Gasteiger partial charge in [-0.2, -0.15) is 0 Å². The molecule has 0 fully saturated rings. The number of hydrogen-bond acceptors (Lipinski definition) is 7. The standard InChI is InChI=1S/C24H30N2O2S.C2H2O4/c1-26(2)21(14-19-8-5-4-6-9-19)17-25-16-20-11-12-23(24(15-20)27-3)28-18-22-10-7-13-29-22;3-1(4)2(5)6/h4-13,15,21,25H,14,16-18H2,1-3H3;(H,3,4)(H,5,6). The van der Waals surface area contributed by atoms with Crippen LogP contribution in [0, 0.1) is 0 Å². The zero-order valence-corrected chi connectivity index (χ0v) is 21.0. The monoisotopic (exact) mass is 500 g/mol. The van der Waals surface area contributed by atoms with E-state index in [4.69, 9.17) is 29.3 Å². The smallest absolute Gasteiger partial charge is 0.414 e. The van der Waals surface area contributed by atoms with Crippen molar-refractivity contribution in [1.29, 1.82) is 0 Å². The number of carboxylic acids is 2. The molecule has 0 radical (unpaired) electrons. The van der Waals surface area contributed by atoms with Crippen LogP contribution in [0.1, 0.15) is 16.0 Å². The lowest BCUT2D eigenvalue weighted by Crippen LogP contribution is -2.39. The van der Waals surface area contributed by atoms with Crippen molar-refractivity contribution >= 4 is 23.3 Å². The maximum absolute atomic E-state index is 9.10. The Morgan fingerprint density at radius 2 is 1.69 bits per heavy atom. The molecule has 1 aromatic heterocycles. The molecule has 188 valence electrons. The molecule has 0 saturated heterocycles. The Balaban J connectivity index is 0.000000641. The summed E-state index contributed by atoms with van der Waals surface area (Å²) in [7, 11) is 5.96. The summed E-state index contributed by atoms with van der Waals surface area (Å²) >= 11 is 1.70. The Hall–Kier alpha value is -3.40. The first-order valence-corrected chi connectivity index (χ1v) is 11.9. The fraction of sp³-hybridized carbons (Fsp3) is 0.308. The van der Waals surface area contributed by atoms with Crippen molar-refractivity contribution < 1.29 is 29.3 Å². The second kappa shape index (κ2) is 14.8. The summed E-state index contributed by atoms with van der Waals surface area (Å²) in [5, 5.41) is 20.4. The topological polar surface area (TPSA) is 108 Å². The maximum atomic E-state index is 9.10. The lowest BCUT2D eigenvalue weighted by molar-refractivity contribution is -0.159. The molecule has 0 aliphatic carbocycles. The predicted octanol–water partition coefficient (Wildman–Crippen LogP) is 3.75. The molecule has 9 heteroatoms. The van der Waals surface area contributed by atoms with E-state index >= 15 is 0 Å². The zero-order chi connectivity index (χ0) is 25.6. The molecule has 0 aliphatic rings. The average Bonchev–Trinajstić information content (AvgIpc) is 3.37. The van der Waals surface area contributed by atoms with Crippen LogP contribution in [0.3, 0.4) is 0 Å². The third-order valence-corrected chi connectivity index (χ3v) is 5.96. The van der Waals surface area contributed by atoms with Gasteiger partial charge in [-0.1, -0.05) is 42.5 Å². The van der Waals surface area contributed by atoms with Gasteiger partial charge in [-0.25, -0.2) is 9.59 Å². The second-order valence-corrected chi connectivity index (χ2v) is 8.93. The fourth-order valence-electron chi connectivity index (χ4n) is 3.19. The number of ether oxygens (including phenoxy) is 2. The number of methoxy groups -OCH3 is 1.